The van der Waals surface area contributed by atoms with Crippen LogP contribution < -0.4 is 4.74 Å². The molecule has 17 heavy (non-hydrogen) atoms. The van der Waals surface area contributed by atoms with Gasteiger partial charge < -0.3 is 14.9 Å². The fourth-order valence-corrected chi connectivity index (χ4v) is 2.12. The Kier molecular flexibility index (Phi) is 3.16. The number of nitrogens with zero attached hydrogens (tertiary/aromatic N) is 1. The van der Waals surface area contributed by atoms with E-state index in [9.17, 15) is 9.90 Å². The Hall–Kier alpha value is -1.79. The number of phenols is 1. The minimum atomic E-state index is -1.43. The molecular formula is C10H6ClNO4S. The number of aromatic hydroxyl groups is 1. The van der Waals surface area contributed by atoms with Crippen molar-refractivity contribution in [1.82, 2.24) is 4.98 Å². The van der Waals surface area contributed by atoms with Gasteiger partial charge in [-0.1, -0.05) is 11.6 Å². The fourth-order valence-electron chi connectivity index (χ4n) is 1.20. The molecule has 0 aliphatic carbocycles. The van der Waals surface area contributed by atoms with Crippen LogP contribution in [-0.2, 0) is 0 Å². The molecule has 0 fully saturated rings. The minimum absolute atomic E-state index is 0.0191. The van der Waals surface area contributed by atoms with E-state index in [0.717, 1.165) is 11.3 Å². The van der Waals surface area contributed by atoms with Gasteiger partial charge in [0.1, 0.15) is 10.8 Å². The standard InChI is InChI=1S/C10H6ClNO4S/c11-5-1-2-7(13)6(3-5)9-12-8(4-17-9)16-10(14)15/h1-4,13H,(H,14,15). The highest BCUT2D eigenvalue weighted by atomic mass is 35.5. The molecular weight excluding hydrogens is 266 g/mol. The average Bonchev–Trinajstić information content (AvgIpc) is 2.69. The summed E-state index contributed by atoms with van der Waals surface area (Å²) in [5, 5.41) is 20.4. The predicted molar refractivity (Wildman–Crippen MR) is 62.9 cm³/mol. The fraction of sp³-hybridized carbons (Fsp3) is 0. The van der Waals surface area contributed by atoms with Crippen LogP contribution in [0.15, 0.2) is 23.6 Å². The second-order valence-corrected chi connectivity index (χ2v) is 4.31. The molecule has 1 heterocycles. The van der Waals surface area contributed by atoms with Gasteiger partial charge in [0.25, 0.3) is 0 Å². The van der Waals surface area contributed by atoms with E-state index in [1.165, 1.54) is 11.4 Å². The van der Waals surface area contributed by atoms with Gasteiger partial charge in [-0.15, -0.1) is 11.3 Å². The molecule has 0 bridgehead atoms. The molecule has 7 heteroatoms. The van der Waals surface area contributed by atoms with E-state index in [1.807, 2.05) is 0 Å². The summed E-state index contributed by atoms with van der Waals surface area (Å²) in [6.07, 6.45) is -1.43. The zero-order valence-corrected chi connectivity index (χ0v) is 9.83. The SMILES string of the molecule is O=C(O)Oc1csc(-c2cc(Cl)ccc2O)n1. The first-order chi connectivity index (χ1) is 8.06. The second kappa shape index (κ2) is 4.60. The zero-order valence-electron chi connectivity index (χ0n) is 8.25. The number of benzene rings is 1. The van der Waals surface area contributed by atoms with Crippen LogP contribution in [0.1, 0.15) is 0 Å². The Morgan fingerprint density at radius 1 is 1.47 bits per heavy atom. The Morgan fingerprint density at radius 3 is 2.94 bits per heavy atom. The van der Waals surface area contributed by atoms with Crippen LogP contribution in [-0.4, -0.2) is 21.4 Å². The summed E-state index contributed by atoms with van der Waals surface area (Å²) < 4.78 is 4.39. The summed E-state index contributed by atoms with van der Waals surface area (Å²) in [6.45, 7) is 0. The van der Waals surface area contributed by atoms with Gasteiger partial charge in [-0.25, -0.2) is 9.78 Å². The number of ether oxygens (including phenoxy) is 1. The predicted octanol–water partition coefficient (Wildman–Crippen LogP) is 3.23. The largest absolute Gasteiger partial charge is 0.512 e. The van der Waals surface area contributed by atoms with Gasteiger partial charge in [0.05, 0.1) is 10.9 Å². The number of hydrogen-bond acceptors (Lipinski definition) is 5. The van der Waals surface area contributed by atoms with Crippen LogP contribution in [0, 0.1) is 0 Å². The minimum Gasteiger partial charge on any atom is -0.507 e. The third kappa shape index (κ3) is 2.66. The van der Waals surface area contributed by atoms with Crippen molar-refractivity contribution in [3.05, 3.63) is 28.6 Å². The van der Waals surface area contributed by atoms with Crippen LogP contribution in [0.3, 0.4) is 0 Å². The highest BCUT2D eigenvalue weighted by Crippen LogP contribution is 2.35. The van der Waals surface area contributed by atoms with Gasteiger partial charge in [-0.2, -0.15) is 0 Å². The Morgan fingerprint density at radius 2 is 2.24 bits per heavy atom. The van der Waals surface area contributed by atoms with Gasteiger partial charge in [-0.05, 0) is 18.2 Å². The summed E-state index contributed by atoms with van der Waals surface area (Å²) in [4.78, 5) is 14.2. The Balaban J connectivity index is 2.36. The number of thiazole rings is 1. The molecule has 0 saturated heterocycles. The molecule has 0 aliphatic rings. The maximum absolute atomic E-state index is 10.3. The number of hydrogen-bond donors (Lipinski definition) is 2. The summed E-state index contributed by atoms with van der Waals surface area (Å²) in [6, 6.07) is 4.53. The van der Waals surface area contributed by atoms with Gasteiger partial charge >= 0.3 is 6.16 Å². The summed E-state index contributed by atoms with van der Waals surface area (Å²) in [7, 11) is 0. The van der Waals surface area contributed by atoms with Crippen molar-refractivity contribution in [1.29, 1.82) is 0 Å². The van der Waals surface area contributed by atoms with E-state index >= 15 is 0 Å². The van der Waals surface area contributed by atoms with Crippen LogP contribution >= 0.6 is 22.9 Å². The molecule has 0 atom stereocenters. The van der Waals surface area contributed by atoms with Crippen molar-refractivity contribution in [2.75, 3.05) is 0 Å². The first kappa shape index (κ1) is 11.7. The maximum Gasteiger partial charge on any atom is 0.512 e. The van der Waals surface area contributed by atoms with Gasteiger partial charge in [-0.3, -0.25) is 0 Å². The van der Waals surface area contributed by atoms with Crippen LogP contribution in [0.4, 0.5) is 4.79 Å². The monoisotopic (exact) mass is 271 g/mol. The summed E-state index contributed by atoms with van der Waals surface area (Å²) >= 11 is 6.95. The molecule has 88 valence electrons. The molecule has 2 aromatic rings. The lowest BCUT2D eigenvalue weighted by Gasteiger charge is -2.00. The lowest BCUT2D eigenvalue weighted by molar-refractivity contribution is 0.143. The second-order valence-electron chi connectivity index (χ2n) is 3.02. The Bertz CT molecular complexity index is 569. The Labute approximate surface area is 105 Å². The third-order valence-corrected chi connectivity index (χ3v) is 2.95. The summed E-state index contributed by atoms with van der Waals surface area (Å²) in [5.74, 6) is -0.0116. The molecule has 1 aromatic heterocycles. The number of carbonyl (C=O) groups is 1. The molecule has 0 spiro atoms. The normalized spacial score (nSPS) is 10.2. The molecule has 0 radical (unpaired) electrons. The van der Waals surface area contributed by atoms with E-state index in [1.54, 1.807) is 12.1 Å². The lowest BCUT2D eigenvalue weighted by atomic mass is 10.2. The van der Waals surface area contributed by atoms with Crippen molar-refractivity contribution >= 4 is 29.1 Å². The molecule has 2 N–H and O–H groups in total. The molecule has 0 saturated carbocycles. The highest BCUT2D eigenvalue weighted by Gasteiger charge is 2.12. The van der Waals surface area contributed by atoms with Crippen LogP contribution in [0.5, 0.6) is 11.6 Å². The van der Waals surface area contributed by atoms with Crippen LogP contribution in [0.2, 0.25) is 5.02 Å². The lowest BCUT2D eigenvalue weighted by Crippen LogP contribution is -2.02. The van der Waals surface area contributed by atoms with E-state index in [4.69, 9.17) is 16.7 Å². The van der Waals surface area contributed by atoms with Crippen molar-refractivity contribution in [2.45, 2.75) is 0 Å². The van der Waals surface area contributed by atoms with Crippen molar-refractivity contribution in [3.8, 4) is 22.2 Å². The molecule has 5 nitrogen and oxygen atoms in total. The number of rotatable bonds is 2. The molecule has 0 unspecified atom stereocenters. The third-order valence-electron chi connectivity index (χ3n) is 1.86. The van der Waals surface area contributed by atoms with E-state index < -0.39 is 6.16 Å². The van der Waals surface area contributed by atoms with Gasteiger partial charge in [0.15, 0.2) is 0 Å². The smallest absolute Gasteiger partial charge is 0.507 e. The van der Waals surface area contributed by atoms with Crippen molar-refractivity contribution in [2.24, 2.45) is 0 Å². The van der Waals surface area contributed by atoms with E-state index in [2.05, 4.69) is 9.72 Å². The van der Waals surface area contributed by atoms with Gasteiger partial charge in [0.2, 0.25) is 5.88 Å². The number of aromatic nitrogens is 1. The maximum atomic E-state index is 10.3. The van der Waals surface area contributed by atoms with Crippen molar-refractivity contribution in [3.63, 3.8) is 0 Å². The molecule has 1 aromatic carbocycles. The topological polar surface area (TPSA) is 79.7 Å². The van der Waals surface area contributed by atoms with Crippen LogP contribution in [0.25, 0.3) is 10.6 Å². The molecule has 2 rings (SSSR count). The van der Waals surface area contributed by atoms with E-state index in [0.29, 0.717) is 15.6 Å². The number of carboxylic acid groups (broad SMARTS) is 1. The van der Waals surface area contributed by atoms with Crippen molar-refractivity contribution < 1.29 is 19.7 Å². The first-order valence-corrected chi connectivity index (χ1v) is 5.67. The first-order valence-electron chi connectivity index (χ1n) is 4.41. The van der Waals surface area contributed by atoms with E-state index in [-0.39, 0.29) is 11.6 Å². The average molecular weight is 272 g/mol. The quantitative estimate of drug-likeness (QED) is 0.820. The van der Waals surface area contributed by atoms with Gasteiger partial charge in [0, 0.05) is 5.02 Å². The molecule has 0 amide bonds. The highest BCUT2D eigenvalue weighted by molar-refractivity contribution is 7.13. The number of phenolic OH excluding ortho intramolecular Hbond substituents is 1. The zero-order chi connectivity index (χ0) is 12.4. The number of halogens is 1. The molecule has 0 aliphatic heterocycles. The summed E-state index contributed by atoms with van der Waals surface area (Å²) in [5.41, 5.74) is 0.433.